The van der Waals surface area contributed by atoms with Gasteiger partial charge in [-0.3, -0.25) is 8.80 Å². The number of ether oxygens (including phenoxy) is 1. The van der Waals surface area contributed by atoms with Crippen LogP contribution in [0.15, 0.2) is 73.1 Å². The topological polar surface area (TPSA) is 200 Å². The monoisotopic (exact) mass is 748 g/mol. The summed E-state index contributed by atoms with van der Waals surface area (Å²) in [5.41, 5.74) is 19.1. The predicted molar refractivity (Wildman–Crippen MR) is 210 cm³/mol. The van der Waals surface area contributed by atoms with Gasteiger partial charge in [0.05, 0.1) is 18.2 Å². The number of aryl methyl sites for hydroxylation is 2. The highest BCUT2D eigenvalue weighted by Crippen LogP contribution is 2.37. The van der Waals surface area contributed by atoms with Gasteiger partial charge >= 0.3 is 11.9 Å². The van der Waals surface area contributed by atoms with Crippen LogP contribution in [0.1, 0.15) is 32.1 Å². The van der Waals surface area contributed by atoms with Crippen LogP contribution in [-0.4, -0.2) is 79.1 Å². The molecule has 8 rings (SSSR count). The molecule has 8 aromatic rings. The molecule has 14 nitrogen and oxygen atoms in total. The van der Waals surface area contributed by atoms with Crippen LogP contribution < -0.4 is 22.1 Å². The number of anilines is 2. The molecule has 0 aliphatic carbocycles. The van der Waals surface area contributed by atoms with Crippen LogP contribution in [0.5, 0.6) is 0 Å². The van der Waals surface area contributed by atoms with Gasteiger partial charge in [0.1, 0.15) is 20.7 Å². The lowest BCUT2D eigenvalue weighted by molar-refractivity contribution is 0.0600. The third-order valence-electron chi connectivity index (χ3n) is 8.39. The first-order valence-corrected chi connectivity index (χ1v) is 18.3. The van der Waals surface area contributed by atoms with Crippen LogP contribution in [0.3, 0.4) is 0 Å². The van der Waals surface area contributed by atoms with Gasteiger partial charge in [-0.2, -0.15) is 0 Å². The molecule has 6 heterocycles. The second kappa shape index (κ2) is 15.0. The first-order chi connectivity index (χ1) is 25.7. The van der Waals surface area contributed by atoms with Gasteiger partial charge in [0, 0.05) is 59.7 Å². The number of carbonyl (C=O) groups is 2. The number of esters is 1. The van der Waals surface area contributed by atoms with Gasteiger partial charge in [-0.15, -0.1) is 22.7 Å². The molecule has 0 aliphatic heterocycles. The smallest absolute Gasteiger partial charge is 0.337 e. The zero-order chi connectivity index (χ0) is 37.2. The quantitative estimate of drug-likeness (QED) is 0.101. The first-order valence-electron chi connectivity index (χ1n) is 16.7. The van der Waals surface area contributed by atoms with Crippen molar-refractivity contribution in [1.29, 1.82) is 0 Å². The number of hydrogen-bond donors (Lipinski definition) is 5. The van der Waals surface area contributed by atoms with Crippen LogP contribution in [0.2, 0.25) is 0 Å². The summed E-state index contributed by atoms with van der Waals surface area (Å²) in [4.78, 5) is 45.5. The molecule has 0 aliphatic rings. The van der Waals surface area contributed by atoms with Crippen molar-refractivity contribution in [1.82, 2.24) is 28.7 Å². The highest BCUT2D eigenvalue weighted by atomic mass is 32.1. The normalized spacial score (nSPS) is 11.3. The van der Waals surface area contributed by atoms with Gasteiger partial charge in [0.25, 0.3) is 0 Å². The molecule has 0 unspecified atom stereocenters. The molecule has 0 saturated heterocycles. The molecule has 0 radical (unpaired) electrons. The lowest BCUT2D eigenvalue weighted by atomic mass is 10.1. The maximum absolute atomic E-state index is 11.8. The number of hydrogen-bond acceptors (Lipinski definition) is 13. The second-order valence-corrected chi connectivity index (χ2v) is 14.1. The fourth-order valence-corrected chi connectivity index (χ4v) is 8.22. The maximum atomic E-state index is 11.8. The number of carboxylic acids is 1. The number of benzene rings is 2. The predicted octanol–water partition coefficient (Wildman–Crippen LogP) is 6.06. The lowest BCUT2D eigenvalue weighted by Gasteiger charge is -2.07. The Morgan fingerprint density at radius 3 is 1.68 bits per heavy atom. The number of nitrogens with one attached hydrogen (secondary N) is 2. The van der Waals surface area contributed by atoms with E-state index in [0.717, 1.165) is 64.3 Å². The average Bonchev–Trinajstić information content (AvgIpc) is 3.98. The zero-order valence-electron chi connectivity index (χ0n) is 29.1. The second-order valence-electron chi connectivity index (χ2n) is 12.0. The summed E-state index contributed by atoms with van der Waals surface area (Å²) in [6.07, 6.45) is 3.65. The molecule has 0 fully saturated rings. The third kappa shape index (κ3) is 6.87. The Hall–Kier alpha value is -5.94. The van der Waals surface area contributed by atoms with Crippen LogP contribution >= 0.6 is 22.7 Å². The number of carboxylic acid groups (broad SMARTS) is 1. The molecule has 270 valence electrons. The number of fused-ring (bicyclic) bond motifs is 6. The molecule has 0 atom stereocenters. The third-order valence-corrected chi connectivity index (χ3v) is 10.7. The lowest BCUT2D eigenvalue weighted by Crippen LogP contribution is -2.14. The fraction of sp³-hybridized carbons (Fsp3) is 0.189. The minimum absolute atomic E-state index is 0.266. The number of thiophene rings is 2. The van der Waals surface area contributed by atoms with E-state index in [2.05, 4.69) is 29.4 Å². The Morgan fingerprint density at radius 2 is 1.23 bits per heavy atom. The standard InChI is InChI=1S/C19H19N5O2S.C18H17N5O2S/c1-11-10-22-17-16(21-7-6-20)23-14-9-15(27-18(14)24(11)17)12-4-3-5-13(8-12)19(25)26-2;1-10-9-21-16-15(20-6-5-19)22-13-8-14(26-17(13)23(10)16)11-3-2-4-12(7-11)18(24)25/h3-5,8-10H,6-7,20H2,1-2H3,(H,21,23);2-4,7-9H,5-6,19H2,1H3,(H,20,22)(H,24,25). The highest BCUT2D eigenvalue weighted by Gasteiger charge is 2.18. The van der Waals surface area contributed by atoms with Crippen molar-refractivity contribution in [2.24, 2.45) is 11.5 Å². The number of aromatic carboxylic acids is 1. The molecule has 0 amide bonds. The Kier molecular flexibility index (Phi) is 10.0. The van der Waals surface area contributed by atoms with Crippen LogP contribution in [-0.2, 0) is 4.74 Å². The van der Waals surface area contributed by atoms with E-state index < -0.39 is 5.97 Å². The van der Waals surface area contributed by atoms with Gasteiger partial charge in [0.2, 0.25) is 0 Å². The zero-order valence-corrected chi connectivity index (χ0v) is 30.7. The number of rotatable bonds is 10. The number of nitrogens with zero attached hydrogens (tertiary/aromatic N) is 6. The van der Waals surface area contributed by atoms with Gasteiger partial charge in [-0.25, -0.2) is 29.5 Å². The van der Waals surface area contributed by atoms with E-state index in [4.69, 9.17) is 26.2 Å². The molecule has 7 N–H and O–H groups in total. The minimum atomic E-state index is -0.938. The molecule has 0 spiro atoms. The van der Waals surface area contributed by atoms with E-state index in [1.165, 1.54) is 7.11 Å². The van der Waals surface area contributed by atoms with Crippen LogP contribution in [0.4, 0.5) is 11.6 Å². The Bertz CT molecular complexity index is 2640. The SMILES string of the molecule is COC(=O)c1cccc(-c2cc3nc(NCCN)c4ncc(C)n4c3s2)c1.Cc1cnc2c(NCCN)nc3cc(-c4cccc(C(=O)O)c4)sc3n12. The molecule has 53 heavy (non-hydrogen) atoms. The van der Waals surface area contributed by atoms with Crippen molar-refractivity contribution >= 4 is 78.2 Å². The largest absolute Gasteiger partial charge is 0.478 e. The summed E-state index contributed by atoms with van der Waals surface area (Å²) in [7, 11) is 1.38. The summed E-state index contributed by atoms with van der Waals surface area (Å²) in [6.45, 7) is 6.26. The molecule has 0 bridgehead atoms. The Balaban J connectivity index is 0.000000164. The van der Waals surface area contributed by atoms with Crippen molar-refractivity contribution in [2.75, 3.05) is 43.9 Å². The fourth-order valence-electron chi connectivity index (χ4n) is 5.91. The average molecular weight is 749 g/mol. The molecule has 6 aromatic heterocycles. The summed E-state index contributed by atoms with van der Waals surface area (Å²) < 4.78 is 8.99. The molecular weight excluding hydrogens is 713 g/mol. The molecule has 2 aromatic carbocycles. The van der Waals surface area contributed by atoms with E-state index in [9.17, 15) is 14.7 Å². The van der Waals surface area contributed by atoms with Gasteiger partial charge in [-0.1, -0.05) is 24.3 Å². The van der Waals surface area contributed by atoms with Crippen molar-refractivity contribution < 1.29 is 19.4 Å². The summed E-state index contributed by atoms with van der Waals surface area (Å²) in [5.74, 6) is 0.123. The van der Waals surface area contributed by atoms with E-state index >= 15 is 0 Å². The first kappa shape index (κ1) is 35.5. The molecular formula is C37H36N10O4S2. The van der Waals surface area contributed by atoms with Gasteiger partial charge < -0.3 is 31.9 Å². The Labute approximate surface area is 311 Å². The molecule has 16 heteroatoms. The van der Waals surface area contributed by atoms with Gasteiger partial charge in [0.15, 0.2) is 22.9 Å². The van der Waals surface area contributed by atoms with Gasteiger partial charge in [-0.05, 0) is 61.4 Å². The summed E-state index contributed by atoms with van der Waals surface area (Å²) in [5, 5.41) is 15.7. The number of nitrogens with two attached hydrogens (primary N) is 2. The van der Waals surface area contributed by atoms with E-state index in [1.54, 1.807) is 46.9 Å². The summed E-state index contributed by atoms with van der Waals surface area (Å²) in [6, 6.07) is 18.3. The molecule has 0 saturated carbocycles. The van der Waals surface area contributed by atoms with Crippen molar-refractivity contribution in [3.05, 3.63) is 95.6 Å². The number of imidazole rings is 2. The van der Waals surface area contributed by atoms with Crippen molar-refractivity contribution in [3.8, 4) is 20.9 Å². The summed E-state index contributed by atoms with van der Waals surface area (Å²) >= 11 is 3.18. The van der Waals surface area contributed by atoms with Crippen LogP contribution in [0.25, 0.3) is 52.9 Å². The number of methoxy groups -OCH3 is 1. The van der Waals surface area contributed by atoms with E-state index in [-0.39, 0.29) is 11.5 Å². The van der Waals surface area contributed by atoms with Crippen LogP contribution in [0, 0.1) is 13.8 Å². The number of carbonyl (C=O) groups excluding carboxylic acids is 1. The van der Waals surface area contributed by atoms with E-state index in [0.29, 0.717) is 43.4 Å². The van der Waals surface area contributed by atoms with E-state index in [1.807, 2.05) is 62.6 Å². The Morgan fingerprint density at radius 1 is 0.755 bits per heavy atom. The number of aromatic nitrogens is 6. The minimum Gasteiger partial charge on any atom is -0.478 e. The van der Waals surface area contributed by atoms with Crippen molar-refractivity contribution in [3.63, 3.8) is 0 Å². The maximum Gasteiger partial charge on any atom is 0.337 e. The highest BCUT2D eigenvalue weighted by molar-refractivity contribution is 7.22. The van der Waals surface area contributed by atoms with Crippen molar-refractivity contribution in [2.45, 2.75) is 13.8 Å².